The summed E-state index contributed by atoms with van der Waals surface area (Å²) in [7, 11) is 0. The lowest BCUT2D eigenvalue weighted by Gasteiger charge is -2.10. The number of aromatic nitrogens is 1. The number of fused-ring (bicyclic) bond motifs is 1. The molecule has 108 valence electrons. The van der Waals surface area contributed by atoms with Gasteiger partial charge in [0.05, 0.1) is 5.02 Å². The van der Waals surface area contributed by atoms with E-state index in [4.69, 9.17) is 16.0 Å². The molecule has 1 unspecified atom stereocenters. The SMILES string of the molecule is Cc1c(C(O)Cc2ccncc2Cl)oc2ccc(F)cc12. The average molecular weight is 306 g/mol. The molecular formula is C16H13ClFNO2. The van der Waals surface area contributed by atoms with Crippen molar-refractivity contribution in [2.45, 2.75) is 19.4 Å². The number of furan rings is 1. The van der Waals surface area contributed by atoms with E-state index in [1.807, 2.05) is 0 Å². The van der Waals surface area contributed by atoms with Crippen LogP contribution in [-0.2, 0) is 6.42 Å². The van der Waals surface area contributed by atoms with E-state index in [0.29, 0.717) is 28.2 Å². The molecule has 2 heterocycles. The topological polar surface area (TPSA) is 46.3 Å². The number of aryl methyl sites for hydroxylation is 1. The number of nitrogens with zero attached hydrogens (tertiary/aromatic N) is 1. The second-order valence-corrected chi connectivity index (χ2v) is 5.33. The molecule has 1 aromatic carbocycles. The maximum absolute atomic E-state index is 13.3. The minimum atomic E-state index is -0.847. The highest BCUT2D eigenvalue weighted by atomic mass is 35.5. The molecule has 0 saturated carbocycles. The Labute approximate surface area is 126 Å². The molecule has 5 heteroatoms. The van der Waals surface area contributed by atoms with Gasteiger partial charge in [0.15, 0.2) is 0 Å². The Balaban J connectivity index is 1.96. The lowest BCUT2D eigenvalue weighted by Crippen LogP contribution is -2.02. The Bertz CT molecular complexity index is 800. The van der Waals surface area contributed by atoms with Crippen LogP contribution in [0.4, 0.5) is 4.39 Å². The molecule has 0 radical (unpaired) electrons. The molecule has 0 bridgehead atoms. The second-order valence-electron chi connectivity index (χ2n) is 4.92. The molecule has 3 rings (SSSR count). The molecule has 0 saturated heterocycles. The highest BCUT2D eigenvalue weighted by Crippen LogP contribution is 2.32. The maximum Gasteiger partial charge on any atom is 0.137 e. The summed E-state index contributed by atoms with van der Waals surface area (Å²) < 4.78 is 19.0. The number of hydrogen-bond acceptors (Lipinski definition) is 3. The Kier molecular flexibility index (Phi) is 3.66. The first-order valence-corrected chi connectivity index (χ1v) is 6.89. The summed E-state index contributed by atoms with van der Waals surface area (Å²) in [6.07, 6.45) is 2.62. The second kappa shape index (κ2) is 5.47. The predicted octanol–water partition coefficient (Wildman–Crippen LogP) is 4.20. The number of hydrogen-bond donors (Lipinski definition) is 1. The molecule has 1 N–H and O–H groups in total. The molecule has 3 nitrogen and oxygen atoms in total. The van der Waals surface area contributed by atoms with Gasteiger partial charge in [-0.05, 0) is 36.8 Å². The zero-order valence-corrected chi connectivity index (χ0v) is 12.1. The van der Waals surface area contributed by atoms with Gasteiger partial charge in [-0.25, -0.2) is 4.39 Å². The van der Waals surface area contributed by atoms with Gasteiger partial charge < -0.3 is 9.52 Å². The first-order valence-electron chi connectivity index (χ1n) is 6.51. The van der Waals surface area contributed by atoms with Crippen LogP contribution in [-0.4, -0.2) is 10.1 Å². The number of rotatable bonds is 3. The summed E-state index contributed by atoms with van der Waals surface area (Å²) in [4.78, 5) is 3.91. The third-order valence-corrected chi connectivity index (χ3v) is 3.85. The van der Waals surface area contributed by atoms with Gasteiger partial charge >= 0.3 is 0 Å². The van der Waals surface area contributed by atoms with E-state index in [1.165, 1.54) is 18.3 Å². The normalized spacial score (nSPS) is 12.8. The standard InChI is InChI=1S/C16H13ClFNO2/c1-9-12-7-11(18)2-3-15(12)21-16(9)14(20)6-10-4-5-19-8-13(10)17/h2-5,7-8,14,20H,6H2,1H3. The molecule has 1 atom stereocenters. The fourth-order valence-corrected chi connectivity index (χ4v) is 2.60. The molecule has 0 aliphatic carbocycles. The molecule has 0 fully saturated rings. The fraction of sp³-hybridized carbons (Fsp3) is 0.188. The largest absolute Gasteiger partial charge is 0.458 e. The van der Waals surface area contributed by atoms with Crippen molar-refractivity contribution in [1.29, 1.82) is 0 Å². The third-order valence-electron chi connectivity index (χ3n) is 3.51. The van der Waals surface area contributed by atoms with Gasteiger partial charge in [0.25, 0.3) is 0 Å². The minimum absolute atomic E-state index is 0.310. The summed E-state index contributed by atoms with van der Waals surface area (Å²) in [6.45, 7) is 1.80. The number of halogens is 2. The Morgan fingerprint density at radius 1 is 1.38 bits per heavy atom. The van der Waals surface area contributed by atoms with Crippen LogP contribution in [0, 0.1) is 12.7 Å². The number of benzene rings is 1. The van der Waals surface area contributed by atoms with Crippen LogP contribution >= 0.6 is 11.6 Å². The zero-order valence-electron chi connectivity index (χ0n) is 11.3. The van der Waals surface area contributed by atoms with Crippen LogP contribution in [0.3, 0.4) is 0 Å². The summed E-state index contributed by atoms with van der Waals surface area (Å²) in [5.74, 6) is 0.105. The third kappa shape index (κ3) is 2.64. The molecule has 0 amide bonds. The van der Waals surface area contributed by atoms with Crippen molar-refractivity contribution in [3.05, 3.63) is 64.4 Å². The predicted molar refractivity (Wildman–Crippen MR) is 78.8 cm³/mol. The van der Waals surface area contributed by atoms with Gasteiger partial charge in [-0.2, -0.15) is 0 Å². The maximum atomic E-state index is 13.3. The number of pyridine rings is 1. The van der Waals surface area contributed by atoms with Gasteiger partial charge in [-0.1, -0.05) is 11.6 Å². The molecule has 0 spiro atoms. The molecular weight excluding hydrogens is 293 g/mol. The first-order chi connectivity index (χ1) is 10.1. The van der Waals surface area contributed by atoms with Crippen LogP contribution in [0.2, 0.25) is 5.02 Å². The lowest BCUT2D eigenvalue weighted by molar-refractivity contribution is 0.151. The minimum Gasteiger partial charge on any atom is -0.458 e. The van der Waals surface area contributed by atoms with Crippen LogP contribution in [0.15, 0.2) is 41.1 Å². The van der Waals surface area contributed by atoms with Crippen molar-refractivity contribution >= 4 is 22.6 Å². The van der Waals surface area contributed by atoms with E-state index in [9.17, 15) is 9.50 Å². The summed E-state index contributed by atoms with van der Waals surface area (Å²) in [6, 6.07) is 6.06. The molecule has 2 aromatic heterocycles. The number of aliphatic hydroxyl groups is 1. The summed E-state index contributed by atoms with van der Waals surface area (Å²) in [5.41, 5.74) is 2.08. The van der Waals surface area contributed by atoms with Crippen molar-refractivity contribution in [3.8, 4) is 0 Å². The molecule has 3 aromatic rings. The zero-order chi connectivity index (χ0) is 15.0. The Morgan fingerprint density at radius 2 is 2.19 bits per heavy atom. The Morgan fingerprint density at radius 3 is 2.95 bits per heavy atom. The Hall–Kier alpha value is -1.91. The smallest absolute Gasteiger partial charge is 0.137 e. The molecule has 0 aliphatic rings. The van der Waals surface area contributed by atoms with Crippen molar-refractivity contribution in [2.24, 2.45) is 0 Å². The van der Waals surface area contributed by atoms with E-state index in [0.717, 1.165) is 11.1 Å². The highest BCUT2D eigenvalue weighted by molar-refractivity contribution is 6.31. The van der Waals surface area contributed by atoms with Crippen LogP contribution in [0.5, 0.6) is 0 Å². The van der Waals surface area contributed by atoms with Crippen molar-refractivity contribution in [2.75, 3.05) is 0 Å². The van der Waals surface area contributed by atoms with Gasteiger partial charge in [-0.3, -0.25) is 4.98 Å². The quantitative estimate of drug-likeness (QED) is 0.788. The van der Waals surface area contributed by atoms with Crippen molar-refractivity contribution in [1.82, 2.24) is 4.98 Å². The van der Waals surface area contributed by atoms with E-state index in [-0.39, 0.29) is 5.82 Å². The van der Waals surface area contributed by atoms with Crippen LogP contribution < -0.4 is 0 Å². The van der Waals surface area contributed by atoms with Crippen molar-refractivity contribution < 1.29 is 13.9 Å². The van der Waals surface area contributed by atoms with Crippen LogP contribution in [0.1, 0.15) is 23.0 Å². The lowest BCUT2D eigenvalue weighted by atomic mass is 10.0. The fourth-order valence-electron chi connectivity index (χ4n) is 2.40. The molecule has 21 heavy (non-hydrogen) atoms. The highest BCUT2D eigenvalue weighted by Gasteiger charge is 2.19. The van der Waals surface area contributed by atoms with Crippen molar-refractivity contribution in [3.63, 3.8) is 0 Å². The number of aliphatic hydroxyl groups excluding tert-OH is 1. The van der Waals surface area contributed by atoms with E-state index in [1.54, 1.807) is 25.3 Å². The van der Waals surface area contributed by atoms with Crippen LogP contribution in [0.25, 0.3) is 11.0 Å². The van der Waals surface area contributed by atoms with E-state index < -0.39 is 6.10 Å². The van der Waals surface area contributed by atoms with Gasteiger partial charge in [0.2, 0.25) is 0 Å². The van der Waals surface area contributed by atoms with Gasteiger partial charge in [0.1, 0.15) is 23.3 Å². The van der Waals surface area contributed by atoms with E-state index >= 15 is 0 Å². The summed E-state index contributed by atoms with van der Waals surface area (Å²) in [5, 5.41) is 11.6. The van der Waals surface area contributed by atoms with Gasteiger partial charge in [-0.15, -0.1) is 0 Å². The summed E-state index contributed by atoms with van der Waals surface area (Å²) >= 11 is 6.04. The van der Waals surface area contributed by atoms with E-state index in [2.05, 4.69) is 4.98 Å². The van der Waals surface area contributed by atoms with Gasteiger partial charge in [0, 0.05) is 29.8 Å². The monoisotopic (exact) mass is 305 g/mol. The average Bonchev–Trinajstić information content (AvgIpc) is 2.79. The first kappa shape index (κ1) is 14.0. The molecule has 0 aliphatic heterocycles.